The van der Waals surface area contributed by atoms with Crippen LogP contribution in [0.3, 0.4) is 0 Å². The lowest BCUT2D eigenvalue weighted by molar-refractivity contribution is 0.0946. The topological polar surface area (TPSA) is 83.6 Å². The van der Waals surface area contributed by atoms with Gasteiger partial charge in [-0.2, -0.15) is 5.10 Å². The maximum atomic E-state index is 12.5. The summed E-state index contributed by atoms with van der Waals surface area (Å²) < 4.78 is 0. The Bertz CT molecular complexity index is 1040. The second kappa shape index (κ2) is 7.61. The number of nitrogens with zero attached hydrogens (tertiary/aromatic N) is 3. The molecule has 27 heavy (non-hydrogen) atoms. The lowest BCUT2D eigenvalue weighted by atomic mass is 10.1. The van der Waals surface area contributed by atoms with E-state index in [-0.39, 0.29) is 5.91 Å². The number of aromatic nitrogens is 4. The normalized spacial score (nSPS) is 10.5. The Morgan fingerprint density at radius 1 is 0.926 bits per heavy atom. The third kappa shape index (κ3) is 3.74. The summed E-state index contributed by atoms with van der Waals surface area (Å²) >= 11 is 0. The minimum Gasteiger partial charge on any atom is -0.347 e. The average Bonchev–Trinajstić information content (AvgIpc) is 3.24. The Morgan fingerprint density at radius 3 is 2.56 bits per heavy atom. The van der Waals surface area contributed by atoms with Crippen LogP contribution < -0.4 is 5.32 Å². The van der Waals surface area contributed by atoms with Crippen LogP contribution in [0.2, 0.25) is 0 Å². The van der Waals surface area contributed by atoms with E-state index in [2.05, 4.69) is 25.5 Å². The van der Waals surface area contributed by atoms with Gasteiger partial charge in [0.25, 0.3) is 5.91 Å². The maximum absolute atomic E-state index is 12.5. The van der Waals surface area contributed by atoms with Gasteiger partial charge in [0.05, 0.1) is 11.4 Å². The second-order valence-corrected chi connectivity index (χ2v) is 5.96. The molecule has 0 bridgehead atoms. The summed E-state index contributed by atoms with van der Waals surface area (Å²) in [5.41, 5.74) is 4.83. The molecule has 0 atom stereocenters. The maximum Gasteiger partial charge on any atom is 0.269 e. The molecule has 4 aromatic rings. The highest BCUT2D eigenvalue weighted by Gasteiger charge is 2.12. The monoisotopic (exact) mass is 355 g/mol. The molecule has 0 aliphatic rings. The Balaban J connectivity index is 1.49. The Kier molecular flexibility index (Phi) is 4.70. The molecule has 3 aromatic heterocycles. The lowest BCUT2D eigenvalue weighted by Crippen LogP contribution is -2.23. The van der Waals surface area contributed by atoms with E-state index in [1.807, 2.05) is 54.6 Å². The van der Waals surface area contributed by atoms with E-state index in [0.29, 0.717) is 12.2 Å². The van der Waals surface area contributed by atoms with Gasteiger partial charge in [-0.05, 0) is 29.8 Å². The van der Waals surface area contributed by atoms with Crippen molar-refractivity contribution in [3.05, 3.63) is 90.5 Å². The fourth-order valence-electron chi connectivity index (χ4n) is 2.82. The number of carbonyl (C=O) groups is 1. The van der Waals surface area contributed by atoms with Crippen LogP contribution in [0.5, 0.6) is 0 Å². The molecule has 2 N–H and O–H groups in total. The van der Waals surface area contributed by atoms with E-state index in [0.717, 1.165) is 28.1 Å². The Morgan fingerprint density at radius 2 is 1.74 bits per heavy atom. The molecule has 0 spiro atoms. The van der Waals surface area contributed by atoms with Crippen molar-refractivity contribution < 1.29 is 4.79 Å². The number of benzene rings is 1. The van der Waals surface area contributed by atoms with Gasteiger partial charge in [0.15, 0.2) is 0 Å². The molecule has 4 rings (SSSR count). The van der Waals surface area contributed by atoms with Crippen LogP contribution in [0.4, 0.5) is 0 Å². The van der Waals surface area contributed by atoms with Crippen LogP contribution in [0.15, 0.2) is 79.3 Å². The predicted molar refractivity (Wildman–Crippen MR) is 103 cm³/mol. The Labute approximate surface area is 156 Å². The van der Waals surface area contributed by atoms with Crippen molar-refractivity contribution in [3.8, 4) is 22.5 Å². The first-order valence-corrected chi connectivity index (χ1v) is 8.54. The largest absolute Gasteiger partial charge is 0.347 e. The molecule has 6 nitrogen and oxygen atoms in total. The van der Waals surface area contributed by atoms with Gasteiger partial charge in [-0.1, -0.05) is 36.4 Å². The van der Waals surface area contributed by atoms with Crippen molar-refractivity contribution in [1.82, 2.24) is 25.5 Å². The van der Waals surface area contributed by atoms with Crippen LogP contribution in [-0.2, 0) is 6.54 Å². The van der Waals surface area contributed by atoms with Crippen LogP contribution in [0.25, 0.3) is 22.5 Å². The van der Waals surface area contributed by atoms with E-state index in [1.54, 1.807) is 24.7 Å². The van der Waals surface area contributed by atoms with Gasteiger partial charge in [0.1, 0.15) is 5.69 Å². The van der Waals surface area contributed by atoms with Crippen molar-refractivity contribution in [2.75, 3.05) is 0 Å². The number of carbonyl (C=O) groups excluding carboxylic acids is 1. The summed E-state index contributed by atoms with van der Waals surface area (Å²) in [6, 6.07) is 19.1. The van der Waals surface area contributed by atoms with Crippen LogP contribution in [-0.4, -0.2) is 26.1 Å². The molecule has 0 fully saturated rings. The smallest absolute Gasteiger partial charge is 0.269 e. The molecular weight excluding hydrogens is 338 g/mol. The predicted octanol–water partition coefficient (Wildman–Crippen LogP) is 3.46. The highest BCUT2D eigenvalue weighted by Crippen LogP contribution is 2.20. The van der Waals surface area contributed by atoms with Crippen molar-refractivity contribution in [2.24, 2.45) is 0 Å². The molecule has 0 aliphatic carbocycles. The summed E-state index contributed by atoms with van der Waals surface area (Å²) in [4.78, 5) is 21.0. The molecule has 3 heterocycles. The molecule has 0 radical (unpaired) electrons. The molecule has 0 unspecified atom stereocenters. The summed E-state index contributed by atoms with van der Waals surface area (Å²) in [5, 5.41) is 9.95. The van der Waals surface area contributed by atoms with Crippen LogP contribution >= 0.6 is 0 Å². The first kappa shape index (κ1) is 16.7. The number of aromatic amines is 1. The molecule has 0 aliphatic heterocycles. The minimum atomic E-state index is -0.214. The zero-order chi connectivity index (χ0) is 18.5. The summed E-state index contributed by atoms with van der Waals surface area (Å²) in [6.45, 7) is 0.365. The second-order valence-electron chi connectivity index (χ2n) is 5.96. The first-order valence-electron chi connectivity index (χ1n) is 8.54. The van der Waals surface area contributed by atoms with E-state index < -0.39 is 0 Å². The number of nitrogens with one attached hydrogen (secondary N) is 2. The highest BCUT2D eigenvalue weighted by molar-refractivity contribution is 5.93. The van der Waals surface area contributed by atoms with Gasteiger partial charge in [-0.15, -0.1) is 0 Å². The molecule has 0 saturated carbocycles. The van der Waals surface area contributed by atoms with E-state index in [1.165, 1.54) is 0 Å². The first-order chi connectivity index (χ1) is 13.3. The van der Waals surface area contributed by atoms with Gasteiger partial charge in [0, 0.05) is 36.3 Å². The molecule has 1 aromatic carbocycles. The van der Waals surface area contributed by atoms with Gasteiger partial charge in [-0.3, -0.25) is 19.9 Å². The molecule has 132 valence electrons. The highest BCUT2D eigenvalue weighted by atomic mass is 16.1. The number of hydrogen-bond donors (Lipinski definition) is 2. The van der Waals surface area contributed by atoms with E-state index in [9.17, 15) is 4.79 Å². The minimum absolute atomic E-state index is 0.214. The summed E-state index contributed by atoms with van der Waals surface area (Å²) in [7, 11) is 0. The van der Waals surface area contributed by atoms with Crippen molar-refractivity contribution in [2.45, 2.75) is 6.54 Å². The van der Waals surface area contributed by atoms with Crippen LogP contribution in [0, 0.1) is 0 Å². The number of H-pyrrole nitrogens is 1. The van der Waals surface area contributed by atoms with Crippen molar-refractivity contribution in [3.63, 3.8) is 0 Å². The van der Waals surface area contributed by atoms with Gasteiger partial charge < -0.3 is 5.32 Å². The number of amides is 1. The zero-order valence-corrected chi connectivity index (χ0v) is 14.5. The average molecular weight is 355 g/mol. The Hall–Kier alpha value is -3.80. The zero-order valence-electron chi connectivity index (χ0n) is 14.5. The summed E-state index contributed by atoms with van der Waals surface area (Å²) in [6.07, 6.45) is 5.19. The SMILES string of the molecule is O=C(NCc1cccnc1-c1ccncc1)c1cc(-c2ccccc2)n[nH]1. The quantitative estimate of drug-likeness (QED) is 0.574. The lowest BCUT2D eigenvalue weighted by Gasteiger charge is -2.09. The molecular formula is C21H17N5O. The standard InChI is InChI=1S/C21H17N5O/c27-21(19-13-18(25-26-19)15-5-2-1-3-6-15)24-14-17-7-4-10-23-20(17)16-8-11-22-12-9-16/h1-13H,14H2,(H,24,27)(H,25,26). The van der Waals surface area contributed by atoms with E-state index >= 15 is 0 Å². The van der Waals surface area contributed by atoms with Gasteiger partial charge in [-0.25, -0.2) is 0 Å². The number of hydrogen-bond acceptors (Lipinski definition) is 4. The fraction of sp³-hybridized carbons (Fsp3) is 0.0476. The fourth-order valence-corrected chi connectivity index (χ4v) is 2.82. The van der Waals surface area contributed by atoms with E-state index in [4.69, 9.17) is 0 Å². The van der Waals surface area contributed by atoms with Gasteiger partial charge in [0.2, 0.25) is 0 Å². The molecule has 6 heteroatoms. The van der Waals surface area contributed by atoms with Crippen molar-refractivity contribution in [1.29, 1.82) is 0 Å². The number of rotatable bonds is 5. The summed E-state index contributed by atoms with van der Waals surface area (Å²) in [5.74, 6) is -0.214. The molecule has 1 amide bonds. The molecule has 0 saturated heterocycles. The van der Waals surface area contributed by atoms with Gasteiger partial charge >= 0.3 is 0 Å². The van der Waals surface area contributed by atoms with Crippen LogP contribution in [0.1, 0.15) is 16.1 Å². The third-order valence-electron chi connectivity index (χ3n) is 4.18. The number of pyridine rings is 2. The third-order valence-corrected chi connectivity index (χ3v) is 4.18. The van der Waals surface area contributed by atoms with Crippen molar-refractivity contribution >= 4 is 5.91 Å².